The maximum absolute atomic E-state index is 12.2. The van der Waals surface area contributed by atoms with E-state index in [0.717, 1.165) is 19.3 Å². The number of nitro groups is 1. The molecule has 2 N–H and O–H groups in total. The van der Waals surface area contributed by atoms with Crippen LogP contribution in [0.15, 0.2) is 30.3 Å². The number of carbonyl (C=O) groups is 2. The lowest BCUT2D eigenvalue weighted by Crippen LogP contribution is -2.32. The van der Waals surface area contributed by atoms with Gasteiger partial charge in [-0.2, -0.15) is 0 Å². The Kier molecular flexibility index (Phi) is 6.82. The van der Waals surface area contributed by atoms with Gasteiger partial charge in [-0.05, 0) is 48.9 Å². The summed E-state index contributed by atoms with van der Waals surface area (Å²) in [7, 11) is 0. The first-order valence-corrected chi connectivity index (χ1v) is 10.3. The fraction of sp³-hybridized carbons (Fsp3) is 0.400. The average molecular weight is 417 g/mol. The molecule has 0 spiro atoms. The van der Waals surface area contributed by atoms with Crippen molar-refractivity contribution in [3.05, 3.63) is 55.8 Å². The summed E-state index contributed by atoms with van der Waals surface area (Å²) in [4.78, 5) is 36.0. The number of anilines is 1. The average Bonchev–Trinajstić information content (AvgIpc) is 3.13. The van der Waals surface area contributed by atoms with Crippen LogP contribution < -0.4 is 10.6 Å². The van der Waals surface area contributed by atoms with Crippen molar-refractivity contribution >= 4 is 34.6 Å². The van der Waals surface area contributed by atoms with E-state index in [4.69, 9.17) is 4.74 Å². The summed E-state index contributed by atoms with van der Waals surface area (Å²) in [5.74, 6) is -0.207. The Balaban J connectivity index is 1.35. The molecule has 1 aromatic heterocycles. The molecule has 0 aliphatic heterocycles. The number of amides is 1. The number of aryl methyl sites for hydroxylation is 1. The van der Waals surface area contributed by atoms with Crippen LogP contribution in [0.3, 0.4) is 0 Å². The van der Waals surface area contributed by atoms with Gasteiger partial charge in [-0.1, -0.05) is 6.92 Å². The zero-order chi connectivity index (χ0) is 20.8. The van der Waals surface area contributed by atoms with Gasteiger partial charge in [0.25, 0.3) is 11.6 Å². The van der Waals surface area contributed by atoms with E-state index in [1.807, 2.05) is 6.07 Å². The first-order chi connectivity index (χ1) is 13.9. The molecular formula is C20H23N3O5S. The third-order valence-corrected chi connectivity index (χ3v) is 5.94. The highest BCUT2D eigenvalue weighted by molar-refractivity contribution is 7.14. The summed E-state index contributed by atoms with van der Waals surface area (Å²) in [5.41, 5.74) is 1.96. The minimum Gasteiger partial charge on any atom is -0.451 e. The lowest BCUT2D eigenvalue weighted by Gasteiger charge is -2.16. The second-order valence-corrected chi connectivity index (χ2v) is 8.20. The van der Waals surface area contributed by atoms with Crippen LogP contribution in [0.25, 0.3) is 0 Å². The van der Waals surface area contributed by atoms with Gasteiger partial charge in [0.15, 0.2) is 6.61 Å². The molecule has 29 heavy (non-hydrogen) atoms. The van der Waals surface area contributed by atoms with Crippen LogP contribution in [0.4, 0.5) is 11.4 Å². The quantitative estimate of drug-likeness (QED) is 0.295. The van der Waals surface area contributed by atoms with Gasteiger partial charge in [-0.25, -0.2) is 4.79 Å². The van der Waals surface area contributed by atoms with Crippen molar-refractivity contribution in [2.24, 2.45) is 5.92 Å². The molecule has 1 aliphatic rings. The summed E-state index contributed by atoms with van der Waals surface area (Å²) in [6.45, 7) is 2.65. The summed E-state index contributed by atoms with van der Waals surface area (Å²) in [5, 5.41) is 16.3. The van der Waals surface area contributed by atoms with Gasteiger partial charge in [0.2, 0.25) is 0 Å². The Morgan fingerprint density at radius 3 is 2.76 bits per heavy atom. The van der Waals surface area contributed by atoms with Gasteiger partial charge in [0, 0.05) is 35.8 Å². The van der Waals surface area contributed by atoms with Crippen LogP contribution in [0.5, 0.6) is 0 Å². The van der Waals surface area contributed by atoms with Crippen LogP contribution in [-0.2, 0) is 22.4 Å². The number of esters is 1. The molecule has 1 atom stereocenters. The van der Waals surface area contributed by atoms with Crippen LogP contribution in [0.2, 0.25) is 0 Å². The third-order valence-electron chi connectivity index (χ3n) is 4.72. The number of rotatable bonds is 8. The summed E-state index contributed by atoms with van der Waals surface area (Å²) in [6.07, 6.45) is 3.12. The maximum Gasteiger partial charge on any atom is 0.348 e. The van der Waals surface area contributed by atoms with E-state index in [1.54, 1.807) is 12.1 Å². The number of thiophene rings is 1. The number of carbonyl (C=O) groups excluding carboxylic acids is 2. The molecule has 0 bridgehead atoms. The molecule has 0 saturated carbocycles. The van der Waals surface area contributed by atoms with Crippen molar-refractivity contribution in [1.82, 2.24) is 5.32 Å². The van der Waals surface area contributed by atoms with E-state index >= 15 is 0 Å². The molecule has 3 rings (SSSR count). The Labute approximate surface area is 172 Å². The van der Waals surface area contributed by atoms with E-state index < -0.39 is 10.9 Å². The summed E-state index contributed by atoms with van der Waals surface area (Å²) >= 11 is 1.46. The first kappa shape index (κ1) is 20.8. The topological polar surface area (TPSA) is 111 Å². The standard InChI is InChI=1S/C20H23N3O5S/c1-13-2-7-17-14(10-13)11-18(29-17)20(25)28-12-19(24)22-9-8-21-15-3-5-16(6-4-15)23(26)27/h3-6,11,13,21H,2,7-10,12H2,1H3,(H,22,24)/t13-/m0/s1. The molecular weight excluding hydrogens is 394 g/mol. The van der Waals surface area contributed by atoms with Gasteiger partial charge in [-0.3, -0.25) is 14.9 Å². The second-order valence-electron chi connectivity index (χ2n) is 7.06. The maximum atomic E-state index is 12.2. The van der Waals surface area contributed by atoms with Gasteiger partial charge < -0.3 is 15.4 Å². The molecule has 2 aromatic rings. The molecule has 1 heterocycles. The zero-order valence-electron chi connectivity index (χ0n) is 16.1. The van der Waals surface area contributed by atoms with Crippen molar-refractivity contribution in [3.8, 4) is 0 Å². The Hall–Kier alpha value is -2.94. The van der Waals surface area contributed by atoms with E-state index in [2.05, 4.69) is 17.6 Å². The molecule has 1 aromatic carbocycles. The normalized spacial score (nSPS) is 15.3. The van der Waals surface area contributed by atoms with Crippen molar-refractivity contribution in [2.45, 2.75) is 26.2 Å². The highest BCUT2D eigenvalue weighted by Crippen LogP contribution is 2.32. The van der Waals surface area contributed by atoms with E-state index in [1.165, 1.54) is 33.9 Å². The largest absolute Gasteiger partial charge is 0.451 e. The van der Waals surface area contributed by atoms with Gasteiger partial charge in [-0.15, -0.1) is 11.3 Å². The van der Waals surface area contributed by atoms with Crippen molar-refractivity contribution in [2.75, 3.05) is 25.0 Å². The molecule has 0 fully saturated rings. The smallest absolute Gasteiger partial charge is 0.348 e. The number of ether oxygens (including phenoxy) is 1. The summed E-state index contributed by atoms with van der Waals surface area (Å²) < 4.78 is 5.12. The summed E-state index contributed by atoms with van der Waals surface area (Å²) in [6, 6.07) is 7.91. The molecule has 1 aliphatic carbocycles. The molecule has 0 saturated heterocycles. The van der Waals surface area contributed by atoms with Crippen molar-refractivity contribution in [3.63, 3.8) is 0 Å². The number of hydrogen-bond acceptors (Lipinski definition) is 7. The molecule has 9 heteroatoms. The molecule has 0 radical (unpaired) electrons. The number of nitrogens with one attached hydrogen (secondary N) is 2. The van der Waals surface area contributed by atoms with Crippen molar-refractivity contribution in [1.29, 1.82) is 0 Å². The number of benzene rings is 1. The SMILES string of the molecule is C[C@H]1CCc2sc(C(=O)OCC(=O)NCCNc3ccc([N+](=O)[O-])cc3)cc2C1. The number of fused-ring (bicyclic) bond motifs is 1. The molecule has 1 amide bonds. The van der Waals surface area contributed by atoms with Crippen molar-refractivity contribution < 1.29 is 19.2 Å². The highest BCUT2D eigenvalue weighted by Gasteiger charge is 2.21. The fourth-order valence-electron chi connectivity index (χ4n) is 3.17. The number of nitro benzene ring substituents is 1. The number of hydrogen-bond donors (Lipinski definition) is 2. The van der Waals surface area contributed by atoms with Crippen LogP contribution in [0.1, 0.15) is 33.5 Å². The monoisotopic (exact) mass is 417 g/mol. The molecule has 154 valence electrons. The lowest BCUT2D eigenvalue weighted by molar-refractivity contribution is -0.384. The zero-order valence-corrected chi connectivity index (χ0v) is 16.9. The highest BCUT2D eigenvalue weighted by atomic mass is 32.1. The van der Waals surface area contributed by atoms with E-state index in [-0.39, 0.29) is 18.2 Å². The van der Waals surface area contributed by atoms with Crippen LogP contribution in [0, 0.1) is 16.0 Å². The third kappa shape index (κ3) is 5.77. The predicted octanol–water partition coefficient (Wildman–Crippen LogP) is 3.17. The molecule has 0 unspecified atom stereocenters. The van der Waals surface area contributed by atoms with Gasteiger partial charge in [0.05, 0.1) is 4.92 Å². The van der Waals surface area contributed by atoms with Gasteiger partial charge in [0.1, 0.15) is 4.88 Å². The Morgan fingerprint density at radius 2 is 2.03 bits per heavy atom. The fourth-order valence-corrected chi connectivity index (χ4v) is 4.27. The van der Waals surface area contributed by atoms with E-state index in [0.29, 0.717) is 29.6 Å². The molecule has 8 nitrogen and oxygen atoms in total. The van der Waals surface area contributed by atoms with Gasteiger partial charge >= 0.3 is 5.97 Å². The lowest BCUT2D eigenvalue weighted by atomic mass is 9.90. The predicted molar refractivity (Wildman–Crippen MR) is 110 cm³/mol. The minimum absolute atomic E-state index is 0.0202. The Bertz CT molecular complexity index is 894. The Morgan fingerprint density at radius 1 is 1.28 bits per heavy atom. The van der Waals surface area contributed by atoms with Crippen LogP contribution in [-0.4, -0.2) is 36.5 Å². The minimum atomic E-state index is -0.462. The second kappa shape index (κ2) is 9.51. The first-order valence-electron chi connectivity index (χ1n) is 9.46. The van der Waals surface area contributed by atoms with Crippen LogP contribution >= 0.6 is 11.3 Å². The number of nitrogens with zero attached hydrogens (tertiary/aromatic N) is 1. The number of non-ortho nitro benzene ring substituents is 1. The van der Waals surface area contributed by atoms with E-state index in [9.17, 15) is 19.7 Å².